The molecule has 0 atom stereocenters. The van der Waals surface area contributed by atoms with Crippen molar-refractivity contribution >= 4 is 11.3 Å². The van der Waals surface area contributed by atoms with Crippen molar-refractivity contribution in [1.29, 1.82) is 0 Å². The molecule has 19 heavy (non-hydrogen) atoms. The highest BCUT2D eigenvalue weighted by atomic mass is 15.3. The largest absolute Gasteiger partial charge is 0.233 e. The van der Waals surface area contributed by atoms with Gasteiger partial charge in [0, 0.05) is 0 Å². The first-order valence-electron chi connectivity index (χ1n) is 6.24. The van der Waals surface area contributed by atoms with Crippen LogP contribution < -0.4 is 0 Å². The molecule has 2 nitrogen and oxygen atoms in total. The van der Waals surface area contributed by atoms with Crippen molar-refractivity contribution in [3.8, 4) is 0 Å². The Morgan fingerprint density at radius 3 is 2.58 bits per heavy atom. The van der Waals surface area contributed by atoms with Crippen LogP contribution in [0.15, 0.2) is 74.0 Å². The summed E-state index contributed by atoms with van der Waals surface area (Å²) in [6.45, 7) is 11.6. The van der Waals surface area contributed by atoms with Crippen molar-refractivity contribution in [1.82, 2.24) is 9.78 Å². The first-order chi connectivity index (χ1) is 9.28. The van der Waals surface area contributed by atoms with Gasteiger partial charge in [0.2, 0.25) is 0 Å². The topological polar surface area (TPSA) is 17.8 Å². The molecule has 0 aliphatic rings. The lowest BCUT2D eigenvalue weighted by Gasteiger charge is -2.08. The summed E-state index contributed by atoms with van der Waals surface area (Å²) in [6, 6.07) is 1.97. The Bertz CT molecular complexity index is 552. The standard InChI is InChI=1S/C17H20N2/c1-5-9-12-15(8-4)17-13-14-18-19(17)16(10-6-2)11-7-3/h5-14H,2,4H2,1,3H3/b9-5-,11-7-,15-12+,16-10+. The van der Waals surface area contributed by atoms with Crippen LogP contribution in [0.2, 0.25) is 0 Å². The quantitative estimate of drug-likeness (QED) is 0.675. The zero-order valence-corrected chi connectivity index (χ0v) is 11.6. The van der Waals surface area contributed by atoms with Crippen LogP contribution in [0, 0.1) is 0 Å². The van der Waals surface area contributed by atoms with Crippen LogP contribution >= 0.6 is 0 Å². The minimum absolute atomic E-state index is 0.964. The van der Waals surface area contributed by atoms with Crippen molar-refractivity contribution in [3.63, 3.8) is 0 Å². The van der Waals surface area contributed by atoms with Gasteiger partial charge in [-0.3, -0.25) is 0 Å². The summed E-state index contributed by atoms with van der Waals surface area (Å²) in [6.07, 6.45) is 17.2. The molecule has 0 N–H and O–H groups in total. The summed E-state index contributed by atoms with van der Waals surface area (Å²) in [5, 5.41) is 4.37. The lowest BCUT2D eigenvalue weighted by Crippen LogP contribution is -2.01. The van der Waals surface area contributed by atoms with Gasteiger partial charge in [0.05, 0.1) is 17.6 Å². The van der Waals surface area contributed by atoms with Gasteiger partial charge >= 0.3 is 0 Å². The Morgan fingerprint density at radius 2 is 2.00 bits per heavy atom. The molecule has 98 valence electrons. The van der Waals surface area contributed by atoms with E-state index in [4.69, 9.17) is 0 Å². The molecule has 0 unspecified atom stereocenters. The molecule has 0 aromatic carbocycles. The van der Waals surface area contributed by atoms with Gasteiger partial charge < -0.3 is 0 Å². The lowest BCUT2D eigenvalue weighted by atomic mass is 10.1. The highest BCUT2D eigenvalue weighted by molar-refractivity contribution is 5.75. The van der Waals surface area contributed by atoms with E-state index >= 15 is 0 Å². The Hall–Kier alpha value is -2.35. The first kappa shape index (κ1) is 14.7. The van der Waals surface area contributed by atoms with Crippen molar-refractivity contribution in [2.24, 2.45) is 0 Å². The second-order valence-corrected chi connectivity index (χ2v) is 3.81. The third kappa shape index (κ3) is 3.81. The monoisotopic (exact) mass is 252 g/mol. The fraction of sp³-hybridized carbons (Fsp3) is 0.118. The SMILES string of the molecule is C=C/C=C(\C=C/C)n1nccc1/C(C=C)=C/C=C\C. The van der Waals surface area contributed by atoms with Crippen molar-refractivity contribution in [2.45, 2.75) is 13.8 Å². The van der Waals surface area contributed by atoms with Crippen molar-refractivity contribution in [3.05, 3.63) is 79.7 Å². The van der Waals surface area contributed by atoms with E-state index in [-0.39, 0.29) is 0 Å². The molecule has 0 saturated heterocycles. The highest BCUT2D eigenvalue weighted by Crippen LogP contribution is 2.19. The molecular formula is C17H20N2. The number of hydrogen-bond acceptors (Lipinski definition) is 1. The Labute approximate surface area is 115 Å². The van der Waals surface area contributed by atoms with Gasteiger partial charge in [-0.2, -0.15) is 5.10 Å². The first-order valence-corrected chi connectivity index (χ1v) is 6.24. The van der Waals surface area contributed by atoms with E-state index in [0.717, 1.165) is 17.0 Å². The number of hydrogen-bond donors (Lipinski definition) is 0. The molecular weight excluding hydrogens is 232 g/mol. The van der Waals surface area contributed by atoms with E-state index in [0.29, 0.717) is 0 Å². The molecule has 1 rings (SSSR count). The fourth-order valence-electron chi connectivity index (χ4n) is 1.67. The molecule has 0 amide bonds. The van der Waals surface area contributed by atoms with Crippen LogP contribution in [0.5, 0.6) is 0 Å². The third-order valence-corrected chi connectivity index (χ3v) is 2.50. The normalized spacial score (nSPS) is 13.4. The molecule has 1 heterocycles. The van der Waals surface area contributed by atoms with E-state index in [1.54, 1.807) is 12.3 Å². The minimum atomic E-state index is 0.964. The summed E-state index contributed by atoms with van der Waals surface area (Å²) in [5.74, 6) is 0. The molecule has 1 aromatic rings. The van der Waals surface area contributed by atoms with E-state index in [9.17, 15) is 0 Å². The predicted molar refractivity (Wildman–Crippen MR) is 84.5 cm³/mol. The number of rotatable bonds is 6. The summed E-state index contributed by atoms with van der Waals surface area (Å²) in [7, 11) is 0. The van der Waals surface area contributed by atoms with Gasteiger partial charge in [-0.15, -0.1) is 0 Å². The van der Waals surface area contributed by atoms with Gasteiger partial charge in [0.15, 0.2) is 0 Å². The highest BCUT2D eigenvalue weighted by Gasteiger charge is 2.07. The van der Waals surface area contributed by atoms with Crippen LogP contribution in [-0.2, 0) is 0 Å². The van der Waals surface area contributed by atoms with Crippen LogP contribution in [0.4, 0.5) is 0 Å². The average Bonchev–Trinajstić information content (AvgIpc) is 2.89. The molecule has 2 heteroatoms. The maximum Gasteiger partial charge on any atom is 0.0740 e. The van der Waals surface area contributed by atoms with Crippen LogP contribution in [0.1, 0.15) is 19.5 Å². The lowest BCUT2D eigenvalue weighted by molar-refractivity contribution is 0.897. The van der Waals surface area contributed by atoms with Gasteiger partial charge in [0.25, 0.3) is 0 Å². The van der Waals surface area contributed by atoms with Crippen LogP contribution in [0.3, 0.4) is 0 Å². The predicted octanol–water partition coefficient (Wildman–Crippen LogP) is 4.63. The smallest absolute Gasteiger partial charge is 0.0740 e. The van der Waals surface area contributed by atoms with E-state index < -0.39 is 0 Å². The van der Waals surface area contributed by atoms with Gasteiger partial charge in [0.1, 0.15) is 0 Å². The zero-order valence-electron chi connectivity index (χ0n) is 11.6. The summed E-state index contributed by atoms with van der Waals surface area (Å²) >= 11 is 0. The maximum atomic E-state index is 4.37. The Kier molecular flexibility index (Phi) is 6.10. The molecule has 0 fully saturated rings. The summed E-state index contributed by atoms with van der Waals surface area (Å²) < 4.78 is 1.87. The average molecular weight is 252 g/mol. The number of allylic oxidation sites excluding steroid dienone is 10. The van der Waals surface area contributed by atoms with Gasteiger partial charge in [-0.1, -0.05) is 49.6 Å². The van der Waals surface area contributed by atoms with E-state index in [1.165, 1.54) is 0 Å². The summed E-state index contributed by atoms with van der Waals surface area (Å²) in [5.41, 5.74) is 2.99. The Balaban J connectivity index is 3.33. The number of nitrogens with zero attached hydrogens (tertiary/aromatic N) is 2. The summed E-state index contributed by atoms with van der Waals surface area (Å²) in [4.78, 5) is 0. The second-order valence-electron chi connectivity index (χ2n) is 3.81. The van der Waals surface area contributed by atoms with E-state index in [2.05, 4.69) is 18.3 Å². The van der Waals surface area contributed by atoms with Crippen molar-refractivity contribution in [2.75, 3.05) is 0 Å². The maximum absolute atomic E-state index is 4.37. The van der Waals surface area contributed by atoms with E-state index in [1.807, 2.05) is 67.1 Å². The second kappa shape index (κ2) is 7.88. The van der Waals surface area contributed by atoms with Crippen LogP contribution in [-0.4, -0.2) is 9.78 Å². The molecule has 0 aliphatic carbocycles. The molecule has 0 radical (unpaired) electrons. The fourth-order valence-corrected chi connectivity index (χ4v) is 1.67. The molecule has 1 aromatic heterocycles. The Morgan fingerprint density at radius 1 is 1.21 bits per heavy atom. The third-order valence-electron chi connectivity index (χ3n) is 2.50. The molecule has 0 bridgehead atoms. The minimum Gasteiger partial charge on any atom is -0.233 e. The van der Waals surface area contributed by atoms with Crippen molar-refractivity contribution < 1.29 is 0 Å². The number of aromatic nitrogens is 2. The van der Waals surface area contributed by atoms with Gasteiger partial charge in [-0.25, -0.2) is 4.68 Å². The van der Waals surface area contributed by atoms with Gasteiger partial charge in [-0.05, 0) is 37.6 Å². The molecule has 0 spiro atoms. The molecule has 0 aliphatic heterocycles. The zero-order chi connectivity index (χ0) is 14.1. The van der Waals surface area contributed by atoms with Crippen LogP contribution in [0.25, 0.3) is 11.3 Å². The molecule has 0 saturated carbocycles.